The number of rotatable bonds is 4. The van der Waals surface area contributed by atoms with Crippen LogP contribution in [0.1, 0.15) is 59.5 Å². The maximum atomic E-state index is 6.48. The Hall–Kier alpha value is -0.357. The molecule has 0 nitrogen and oxygen atoms in total. The van der Waals surface area contributed by atoms with E-state index in [9.17, 15) is 0 Å². The number of hydrogen-bond acceptors (Lipinski definition) is 0. The van der Waals surface area contributed by atoms with E-state index >= 15 is 0 Å². The van der Waals surface area contributed by atoms with E-state index in [1.54, 1.807) is 0 Å². The minimum atomic E-state index is -2.39. The van der Waals surface area contributed by atoms with Gasteiger partial charge in [0.05, 0.1) is 0 Å². The fraction of sp³-hybridized carbons (Fsp3) is 0.333. The van der Waals surface area contributed by atoms with Crippen LogP contribution in [0.25, 0.3) is 17.2 Å². The zero-order valence-corrected chi connectivity index (χ0v) is 18.6. The van der Waals surface area contributed by atoms with E-state index in [0.717, 1.165) is 6.42 Å². The normalized spacial score (nSPS) is 16.3. The summed E-state index contributed by atoms with van der Waals surface area (Å²) in [5, 5.41) is 0. The van der Waals surface area contributed by atoms with Gasteiger partial charge in [-0.25, -0.2) is 0 Å². The maximum absolute atomic E-state index is 6.48. The predicted molar refractivity (Wildman–Crippen MR) is 103 cm³/mol. The summed E-state index contributed by atoms with van der Waals surface area (Å²) in [6.45, 7) is 8.94. The summed E-state index contributed by atoms with van der Waals surface area (Å²) in [5.74, 6) is 0.496. The van der Waals surface area contributed by atoms with E-state index in [1.807, 2.05) is 0 Å². The fourth-order valence-electron chi connectivity index (χ4n) is 3.77. The predicted octanol–water partition coefficient (Wildman–Crippen LogP) is 7.42. The molecular formula is C21H23Cl2Zr. The monoisotopic (exact) mass is 435 g/mol. The molecule has 0 aliphatic heterocycles. The molecule has 0 heterocycles. The van der Waals surface area contributed by atoms with Crippen LogP contribution in [0.4, 0.5) is 0 Å². The summed E-state index contributed by atoms with van der Waals surface area (Å²) in [6, 6.07) is 13.4. The molecule has 0 fully saturated rings. The van der Waals surface area contributed by atoms with Crippen molar-refractivity contribution in [2.45, 2.75) is 43.7 Å². The van der Waals surface area contributed by atoms with Crippen molar-refractivity contribution in [3.05, 3.63) is 64.2 Å². The van der Waals surface area contributed by atoms with Crippen molar-refractivity contribution in [2.24, 2.45) is 0 Å². The van der Waals surface area contributed by atoms with Crippen LogP contribution in [0.2, 0.25) is 0 Å². The Labute approximate surface area is 160 Å². The summed E-state index contributed by atoms with van der Waals surface area (Å²) in [7, 11) is 13.0. The molecule has 3 rings (SSSR count). The van der Waals surface area contributed by atoms with Crippen LogP contribution in [0, 0.1) is 0 Å². The average molecular weight is 438 g/mol. The summed E-state index contributed by atoms with van der Waals surface area (Å²) in [4.78, 5) is 0. The molecule has 0 saturated carbocycles. The van der Waals surface area contributed by atoms with Crippen molar-refractivity contribution in [3.8, 4) is 11.1 Å². The van der Waals surface area contributed by atoms with E-state index in [0.29, 0.717) is 9.54 Å². The van der Waals surface area contributed by atoms with Gasteiger partial charge in [-0.15, -0.1) is 0 Å². The molecule has 3 heteroatoms. The van der Waals surface area contributed by atoms with Crippen LogP contribution < -0.4 is 0 Å². The van der Waals surface area contributed by atoms with Crippen LogP contribution in [0.15, 0.2) is 42.0 Å². The van der Waals surface area contributed by atoms with Crippen molar-refractivity contribution in [1.29, 1.82) is 0 Å². The van der Waals surface area contributed by atoms with Gasteiger partial charge in [-0.05, 0) is 0 Å². The number of fused-ring (bicyclic) bond motifs is 1. The van der Waals surface area contributed by atoms with Gasteiger partial charge < -0.3 is 0 Å². The van der Waals surface area contributed by atoms with E-state index in [-0.39, 0.29) is 0 Å². The van der Waals surface area contributed by atoms with Crippen molar-refractivity contribution in [3.63, 3.8) is 0 Å². The van der Waals surface area contributed by atoms with Gasteiger partial charge in [-0.1, -0.05) is 0 Å². The molecule has 2 aromatic rings. The van der Waals surface area contributed by atoms with Crippen molar-refractivity contribution in [1.82, 2.24) is 0 Å². The molecule has 0 radical (unpaired) electrons. The SMILES string of the molecule is CCc1ccc2c(c1-c1ccccc1C(C)C)C=C(C)[CH]2[Zr]([Cl])[Cl]. The zero-order valence-electron chi connectivity index (χ0n) is 14.7. The van der Waals surface area contributed by atoms with Crippen LogP contribution in [-0.2, 0) is 25.8 Å². The summed E-state index contributed by atoms with van der Waals surface area (Å²) < 4.78 is 0.293. The first-order chi connectivity index (χ1) is 11.5. The third-order valence-corrected chi connectivity index (χ3v) is 10.5. The van der Waals surface area contributed by atoms with Crippen LogP contribution in [-0.4, -0.2) is 0 Å². The standard InChI is InChI=1S/C21H23.2ClH.Zr/c1-5-16-10-11-17-12-15(4)13-20(17)21(16)19-9-7-6-8-18(19)14(2)3;;;/h6-14H,5H2,1-4H3;2*1H;/q;;;+2/p-2. The van der Waals surface area contributed by atoms with Crippen LogP contribution in [0.3, 0.4) is 0 Å². The molecule has 2 aromatic carbocycles. The molecule has 1 aliphatic carbocycles. The summed E-state index contributed by atoms with van der Waals surface area (Å²) in [5.41, 5.74) is 9.59. The molecule has 0 spiro atoms. The van der Waals surface area contributed by atoms with E-state index in [2.05, 4.69) is 70.2 Å². The Balaban J connectivity index is 2.31. The van der Waals surface area contributed by atoms with Gasteiger partial charge in [0.25, 0.3) is 0 Å². The minimum absolute atomic E-state index is 0.293. The number of allylic oxidation sites excluding steroid dienone is 1. The Morgan fingerprint density at radius 2 is 1.79 bits per heavy atom. The van der Waals surface area contributed by atoms with Gasteiger partial charge in [0, 0.05) is 0 Å². The van der Waals surface area contributed by atoms with Gasteiger partial charge in [0.1, 0.15) is 0 Å². The Morgan fingerprint density at radius 1 is 1.08 bits per heavy atom. The second-order valence-electron chi connectivity index (χ2n) is 6.81. The van der Waals surface area contributed by atoms with Gasteiger partial charge in [-0.2, -0.15) is 0 Å². The molecule has 0 N–H and O–H groups in total. The molecule has 0 aromatic heterocycles. The van der Waals surface area contributed by atoms with Crippen molar-refractivity contribution in [2.75, 3.05) is 0 Å². The second kappa shape index (κ2) is 7.49. The topological polar surface area (TPSA) is 0 Å². The first-order valence-electron chi connectivity index (χ1n) is 8.56. The first-order valence-corrected chi connectivity index (χ1v) is 16.3. The fourth-order valence-corrected chi connectivity index (χ4v) is 9.45. The van der Waals surface area contributed by atoms with Crippen molar-refractivity contribution >= 4 is 23.1 Å². The zero-order chi connectivity index (χ0) is 17.4. The second-order valence-corrected chi connectivity index (χ2v) is 15.6. The molecule has 0 amide bonds. The molecule has 0 bridgehead atoms. The molecule has 125 valence electrons. The summed E-state index contributed by atoms with van der Waals surface area (Å²) >= 11 is -2.39. The molecule has 24 heavy (non-hydrogen) atoms. The van der Waals surface area contributed by atoms with Gasteiger partial charge in [0.15, 0.2) is 0 Å². The molecule has 1 aliphatic rings. The molecule has 0 saturated heterocycles. The van der Waals surface area contributed by atoms with Crippen LogP contribution >= 0.6 is 17.0 Å². The Kier molecular flexibility index (Phi) is 5.75. The number of benzene rings is 2. The van der Waals surface area contributed by atoms with E-state index < -0.39 is 19.4 Å². The van der Waals surface area contributed by atoms with E-state index in [1.165, 1.54) is 39.0 Å². The Bertz CT molecular complexity index is 790. The third-order valence-electron chi connectivity index (χ3n) is 4.96. The van der Waals surface area contributed by atoms with E-state index in [4.69, 9.17) is 17.0 Å². The quantitative estimate of drug-likeness (QED) is 0.467. The first kappa shape index (κ1) is 18.4. The number of halogens is 2. The molecule has 1 unspecified atom stereocenters. The number of aryl methyl sites for hydroxylation is 1. The van der Waals surface area contributed by atoms with Gasteiger partial charge in [0.2, 0.25) is 0 Å². The van der Waals surface area contributed by atoms with Gasteiger partial charge >= 0.3 is 161 Å². The molecule has 1 atom stereocenters. The van der Waals surface area contributed by atoms with Crippen LogP contribution in [0.5, 0.6) is 0 Å². The Morgan fingerprint density at radius 3 is 2.42 bits per heavy atom. The van der Waals surface area contributed by atoms with Gasteiger partial charge in [-0.3, -0.25) is 0 Å². The number of hydrogen-bond donors (Lipinski definition) is 0. The molecular weight excluding hydrogens is 414 g/mol. The average Bonchev–Trinajstić information content (AvgIpc) is 2.89. The summed E-state index contributed by atoms with van der Waals surface area (Å²) in [6.07, 6.45) is 3.36. The third kappa shape index (κ3) is 3.21. The van der Waals surface area contributed by atoms with Crippen molar-refractivity contribution < 1.29 is 19.4 Å².